The van der Waals surface area contributed by atoms with Crippen molar-refractivity contribution >= 4 is 45.8 Å². The largest absolute Gasteiger partial charge is 0.469 e. The molecule has 0 radical (unpaired) electrons. The number of aryl methyl sites for hydroxylation is 1. The molecule has 1 heterocycles. The molecule has 0 amide bonds. The Bertz CT molecular complexity index is 1380. The number of alkyl halides is 1. The SMILES string of the molecule is COC(=O)Cc1cccc(-c2cc(CCCBr)ccc2O[C@H]2O[C@H](COC(C)=O)[C@@H](OC(C)=O)[C@H](OC(C)=O)[C@@H]2OC(C)=O)c1. The van der Waals surface area contributed by atoms with Gasteiger partial charge in [-0.05, 0) is 41.7 Å². The average molecular weight is 694 g/mol. The van der Waals surface area contributed by atoms with Crippen molar-refractivity contribution in [2.75, 3.05) is 19.0 Å². The Balaban J connectivity index is 2.12. The number of carbonyl (C=O) groups excluding carboxylic acids is 5. The summed E-state index contributed by atoms with van der Waals surface area (Å²) in [7, 11) is 1.32. The molecular weight excluding hydrogens is 656 g/mol. The molecule has 1 saturated heterocycles. The molecule has 12 nitrogen and oxygen atoms in total. The fourth-order valence-electron chi connectivity index (χ4n) is 4.83. The molecular formula is C32H37BrO12. The lowest BCUT2D eigenvalue weighted by atomic mass is 9.96. The second-order valence-electron chi connectivity index (χ2n) is 10.3. The summed E-state index contributed by atoms with van der Waals surface area (Å²) in [5.41, 5.74) is 3.08. The molecule has 1 fully saturated rings. The number of benzene rings is 2. The molecule has 0 aromatic heterocycles. The first-order valence-electron chi connectivity index (χ1n) is 14.2. The number of hydrogen-bond donors (Lipinski definition) is 0. The van der Waals surface area contributed by atoms with Gasteiger partial charge in [-0.25, -0.2) is 0 Å². The summed E-state index contributed by atoms with van der Waals surface area (Å²) in [6.07, 6.45) is -4.95. The van der Waals surface area contributed by atoms with Gasteiger partial charge in [0.25, 0.3) is 0 Å². The summed E-state index contributed by atoms with van der Waals surface area (Å²) >= 11 is 3.46. The molecule has 0 spiro atoms. The van der Waals surface area contributed by atoms with Crippen LogP contribution in [0.4, 0.5) is 0 Å². The summed E-state index contributed by atoms with van der Waals surface area (Å²) in [4.78, 5) is 60.2. The van der Waals surface area contributed by atoms with Gasteiger partial charge < -0.3 is 33.2 Å². The maximum atomic E-state index is 12.3. The van der Waals surface area contributed by atoms with E-state index < -0.39 is 60.6 Å². The van der Waals surface area contributed by atoms with Crippen molar-refractivity contribution < 1.29 is 57.1 Å². The third-order valence-electron chi connectivity index (χ3n) is 6.65. The van der Waals surface area contributed by atoms with Gasteiger partial charge in [0.2, 0.25) is 12.4 Å². The molecule has 0 unspecified atom stereocenters. The average Bonchev–Trinajstić information content (AvgIpc) is 2.97. The first-order chi connectivity index (χ1) is 21.4. The van der Waals surface area contributed by atoms with E-state index in [0.29, 0.717) is 16.9 Å². The van der Waals surface area contributed by atoms with Gasteiger partial charge in [-0.2, -0.15) is 0 Å². The molecule has 244 valence electrons. The van der Waals surface area contributed by atoms with Gasteiger partial charge >= 0.3 is 29.8 Å². The lowest BCUT2D eigenvalue weighted by Gasteiger charge is -2.44. The lowest BCUT2D eigenvalue weighted by molar-refractivity contribution is -0.288. The van der Waals surface area contributed by atoms with Crippen LogP contribution in [0.3, 0.4) is 0 Å². The van der Waals surface area contributed by atoms with E-state index in [1.54, 1.807) is 18.2 Å². The van der Waals surface area contributed by atoms with Crippen molar-refractivity contribution in [2.24, 2.45) is 0 Å². The van der Waals surface area contributed by atoms with E-state index in [2.05, 4.69) is 15.9 Å². The van der Waals surface area contributed by atoms with Crippen LogP contribution in [0.2, 0.25) is 0 Å². The van der Waals surface area contributed by atoms with Crippen molar-refractivity contribution in [1.29, 1.82) is 0 Å². The van der Waals surface area contributed by atoms with Crippen LogP contribution in [0, 0.1) is 0 Å². The number of esters is 5. The molecule has 2 aromatic rings. The van der Waals surface area contributed by atoms with Crippen molar-refractivity contribution in [2.45, 2.75) is 77.7 Å². The normalized spacial score (nSPS) is 20.8. The minimum Gasteiger partial charge on any atom is -0.469 e. The Labute approximate surface area is 269 Å². The van der Waals surface area contributed by atoms with E-state index in [9.17, 15) is 24.0 Å². The summed E-state index contributed by atoms with van der Waals surface area (Å²) in [6.45, 7) is 4.26. The van der Waals surface area contributed by atoms with Crippen molar-refractivity contribution in [3.8, 4) is 16.9 Å². The monoisotopic (exact) mass is 692 g/mol. The molecule has 3 rings (SSSR count). The molecule has 0 N–H and O–H groups in total. The number of hydrogen-bond acceptors (Lipinski definition) is 12. The van der Waals surface area contributed by atoms with Gasteiger partial charge in [-0.3, -0.25) is 24.0 Å². The van der Waals surface area contributed by atoms with Crippen LogP contribution in [0.15, 0.2) is 42.5 Å². The van der Waals surface area contributed by atoms with Crippen molar-refractivity contribution in [3.63, 3.8) is 0 Å². The zero-order chi connectivity index (χ0) is 33.1. The van der Waals surface area contributed by atoms with Crippen LogP contribution in [0.5, 0.6) is 5.75 Å². The highest BCUT2D eigenvalue weighted by Crippen LogP contribution is 2.36. The molecule has 13 heteroatoms. The Hall–Kier alpha value is -3.97. The second-order valence-corrected chi connectivity index (χ2v) is 11.1. The van der Waals surface area contributed by atoms with Gasteiger partial charge in [0.05, 0.1) is 13.5 Å². The minimum absolute atomic E-state index is 0.0590. The van der Waals surface area contributed by atoms with Crippen LogP contribution >= 0.6 is 15.9 Å². The quantitative estimate of drug-likeness (QED) is 0.170. The number of rotatable bonds is 13. The third-order valence-corrected chi connectivity index (χ3v) is 7.21. The fourth-order valence-corrected chi connectivity index (χ4v) is 5.11. The number of ether oxygens (including phenoxy) is 7. The molecule has 0 saturated carbocycles. The van der Waals surface area contributed by atoms with Crippen LogP contribution in [-0.2, 0) is 65.2 Å². The predicted octanol–water partition coefficient (Wildman–Crippen LogP) is 3.86. The highest BCUT2D eigenvalue weighted by Gasteiger charge is 2.53. The topological polar surface area (TPSA) is 150 Å². The summed E-state index contributed by atoms with van der Waals surface area (Å²) in [5.74, 6) is -2.93. The van der Waals surface area contributed by atoms with Crippen molar-refractivity contribution in [1.82, 2.24) is 0 Å². The van der Waals surface area contributed by atoms with Gasteiger partial charge in [-0.15, -0.1) is 0 Å². The molecule has 45 heavy (non-hydrogen) atoms. The minimum atomic E-state index is -1.41. The van der Waals surface area contributed by atoms with Gasteiger partial charge in [-0.1, -0.05) is 46.3 Å². The van der Waals surface area contributed by atoms with Crippen LogP contribution < -0.4 is 4.74 Å². The smallest absolute Gasteiger partial charge is 0.309 e. The van der Waals surface area contributed by atoms with E-state index in [1.807, 2.05) is 24.3 Å². The maximum absolute atomic E-state index is 12.3. The van der Waals surface area contributed by atoms with Crippen LogP contribution in [0.1, 0.15) is 45.2 Å². The van der Waals surface area contributed by atoms with Crippen LogP contribution in [0.25, 0.3) is 11.1 Å². The third kappa shape index (κ3) is 10.6. The first-order valence-corrected chi connectivity index (χ1v) is 15.4. The van der Waals surface area contributed by atoms with E-state index in [-0.39, 0.29) is 13.0 Å². The Morgan fingerprint density at radius 3 is 2.09 bits per heavy atom. The van der Waals surface area contributed by atoms with E-state index in [4.69, 9.17) is 33.2 Å². The Morgan fingerprint density at radius 2 is 1.47 bits per heavy atom. The maximum Gasteiger partial charge on any atom is 0.309 e. The van der Waals surface area contributed by atoms with E-state index in [1.165, 1.54) is 14.0 Å². The molecule has 5 atom stereocenters. The van der Waals surface area contributed by atoms with E-state index in [0.717, 1.165) is 50.1 Å². The van der Waals surface area contributed by atoms with Crippen molar-refractivity contribution in [3.05, 3.63) is 53.6 Å². The summed E-state index contributed by atoms with van der Waals surface area (Å²) in [5, 5.41) is 0.805. The second kappa shape index (κ2) is 16.9. The standard InChI is InChI=1S/C32H37BrO12/c1-18(34)40-17-27-29(41-19(2)35)30(42-20(3)36)31(43-21(4)37)32(45-27)44-26-12-11-22(9-7-13-33)15-25(26)24-10-6-8-23(14-24)16-28(38)39-5/h6,8,10-12,14-15,27,29-32H,7,9,13,16-17H2,1-5H3/t27-,29-,30+,31+,32+/m1/s1. The summed E-state index contributed by atoms with van der Waals surface area (Å²) < 4.78 is 39.0. The van der Waals surface area contributed by atoms with Crippen LogP contribution in [-0.4, -0.2) is 79.6 Å². The fraction of sp³-hybridized carbons (Fsp3) is 0.469. The van der Waals surface area contributed by atoms with Gasteiger partial charge in [0.15, 0.2) is 12.2 Å². The number of carbonyl (C=O) groups is 5. The zero-order valence-corrected chi connectivity index (χ0v) is 27.3. The van der Waals surface area contributed by atoms with E-state index >= 15 is 0 Å². The van der Waals surface area contributed by atoms with Gasteiger partial charge in [0.1, 0.15) is 18.5 Å². The highest BCUT2D eigenvalue weighted by molar-refractivity contribution is 9.09. The Morgan fingerprint density at radius 1 is 0.800 bits per heavy atom. The molecule has 0 aliphatic carbocycles. The lowest BCUT2D eigenvalue weighted by Crippen LogP contribution is -2.63. The highest BCUT2D eigenvalue weighted by atomic mass is 79.9. The molecule has 1 aliphatic heterocycles. The molecule has 0 bridgehead atoms. The zero-order valence-electron chi connectivity index (χ0n) is 25.7. The molecule has 1 aliphatic rings. The Kier molecular flexibility index (Phi) is 13.4. The predicted molar refractivity (Wildman–Crippen MR) is 162 cm³/mol. The summed E-state index contributed by atoms with van der Waals surface area (Å²) in [6, 6.07) is 12.8. The number of methoxy groups -OCH3 is 1. The van der Waals surface area contributed by atoms with Gasteiger partial charge in [0, 0.05) is 38.6 Å². The number of halogens is 1. The molecule has 2 aromatic carbocycles. The first kappa shape index (κ1) is 35.5.